The van der Waals surface area contributed by atoms with E-state index in [1.54, 1.807) is 6.92 Å². The molecular formula is C14H21FN2O2S. The van der Waals surface area contributed by atoms with Crippen LogP contribution in [0, 0.1) is 18.7 Å². The van der Waals surface area contributed by atoms with Crippen molar-refractivity contribution >= 4 is 15.7 Å². The number of benzene rings is 1. The van der Waals surface area contributed by atoms with E-state index in [9.17, 15) is 12.8 Å². The Morgan fingerprint density at radius 3 is 2.50 bits per heavy atom. The van der Waals surface area contributed by atoms with Crippen molar-refractivity contribution in [1.29, 1.82) is 0 Å². The molecule has 4 nitrogen and oxygen atoms in total. The Morgan fingerprint density at radius 2 is 2.00 bits per heavy atom. The third-order valence-electron chi connectivity index (χ3n) is 3.38. The fraction of sp³-hybridized carbons (Fsp3) is 0.571. The average molecular weight is 300 g/mol. The highest BCUT2D eigenvalue weighted by atomic mass is 32.2. The molecule has 1 aromatic carbocycles. The van der Waals surface area contributed by atoms with Crippen molar-refractivity contribution in [3.8, 4) is 0 Å². The second kappa shape index (κ2) is 5.33. The quantitative estimate of drug-likeness (QED) is 0.850. The normalized spacial score (nSPS) is 16.1. The lowest BCUT2D eigenvalue weighted by molar-refractivity contribution is 0.360. The molecule has 0 spiro atoms. The molecule has 0 radical (unpaired) electrons. The summed E-state index contributed by atoms with van der Waals surface area (Å²) >= 11 is 0. The first-order valence-electron chi connectivity index (χ1n) is 6.81. The lowest BCUT2D eigenvalue weighted by atomic mass is 10.2. The number of hydrogen-bond acceptors (Lipinski definition) is 3. The topological polar surface area (TPSA) is 63.4 Å². The molecule has 1 aliphatic rings. The van der Waals surface area contributed by atoms with Crippen molar-refractivity contribution in [3.63, 3.8) is 0 Å². The largest absolute Gasteiger partial charge is 0.396 e. The Bertz CT molecular complexity index is 610. The maximum atomic E-state index is 13.4. The minimum absolute atomic E-state index is 0.0769. The van der Waals surface area contributed by atoms with Crippen molar-refractivity contribution in [2.75, 3.05) is 12.3 Å². The van der Waals surface area contributed by atoms with E-state index >= 15 is 0 Å². The minimum Gasteiger partial charge on any atom is -0.396 e. The van der Waals surface area contributed by atoms with Gasteiger partial charge in [0.05, 0.1) is 10.6 Å². The van der Waals surface area contributed by atoms with Crippen LogP contribution in [0.2, 0.25) is 0 Å². The molecule has 0 unspecified atom stereocenters. The second-order valence-electron chi connectivity index (χ2n) is 5.84. The van der Waals surface area contributed by atoms with Crippen molar-refractivity contribution in [3.05, 3.63) is 23.5 Å². The maximum Gasteiger partial charge on any atom is 0.243 e. The standard InChI is InChI=1S/C14H21FN2O2S/c1-9(2)8-17(11-4-5-11)20(18,19)14-7-13(16)12(15)6-10(14)3/h6-7,9,11H,4-5,8,16H2,1-3H3. The average Bonchev–Trinajstić information content (AvgIpc) is 3.14. The molecule has 1 aliphatic carbocycles. The van der Waals surface area contributed by atoms with E-state index in [0.717, 1.165) is 12.8 Å². The number of halogens is 1. The summed E-state index contributed by atoms with van der Waals surface area (Å²) in [5.41, 5.74) is 5.79. The maximum absolute atomic E-state index is 13.4. The first-order chi connectivity index (χ1) is 9.23. The first-order valence-corrected chi connectivity index (χ1v) is 8.25. The van der Waals surface area contributed by atoms with Gasteiger partial charge in [0.1, 0.15) is 5.82 Å². The van der Waals surface area contributed by atoms with E-state index in [4.69, 9.17) is 5.73 Å². The third kappa shape index (κ3) is 2.96. The summed E-state index contributed by atoms with van der Waals surface area (Å²) < 4.78 is 40.5. The summed E-state index contributed by atoms with van der Waals surface area (Å²) in [4.78, 5) is 0.115. The minimum atomic E-state index is -3.62. The fourth-order valence-corrected chi connectivity index (χ4v) is 4.33. The van der Waals surface area contributed by atoms with Gasteiger partial charge in [0, 0.05) is 12.6 Å². The van der Waals surface area contributed by atoms with Gasteiger partial charge in [-0.3, -0.25) is 0 Å². The van der Waals surface area contributed by atoms with Crippen LogP contribution in [-0.4, -0.2) is 25.3 Å². The van der Waals surface area contributed by atoms with Crippen LogP contribution in [0.4, 0.5) is 10.1 Å². The number of nitrogen functional groups attached to an aromatic ring is 1. The molecule has 0 aliphatic heterocycles. The van der Waals surface area contributed by atoms with Crippen LogP contribution >= 0.6 is 0 Å². The zero-order valence-electron chi connectivity index (χ0n) is 12.1. The van der Waals surface area contributed by atoms with Gasteiger partial charge in [-0.15, -0.1) is 0 Å². The van der Waals surface area contributed by atoms with Gasteiger partial charge in [0.15, 0.2) is 0 Å². The van der Waals surface area contributed by atoms with Crippen LogP contribution in [0.1, 0.15) is 32.3 Å². The summed E-state index contributed by atoms with van der Waals surface area (Å²) in [7, 11) is -3.62. The highest BCUT2D eigenvalue weighted by molar-refractivity contribution is 7.89. The Morgan fingerprint density at radius 1 is 1.40 bits per heavy atom. The number of nitrogens with zero attached hydrogens (tertiary/aromatic N) is 1. The van der Waals surface area contributed by atoms with E-state index in [2.05, 4.69) is 0 Å². The molecule has 2 N–H and O–H groups in total. The van der Waals surface area contributed by atoms with Gasteiger partial charge in [-0.25, -0.2) is 12.8 Å². The number of anilines is 1. The van der Waals surface area contributed by atoms with Gasteiger partial charge in [-0.05, 0) is 43.4 Å². The molecule has 0 amide bonds. The van der Waals surface area contributed by atoms with Crippen LogP contribution in [-0.2, 0) is 10.0 Å². The van der Waals surface area contributed by atoms with Gasteiger partial charge in [0.2, 0.25) is 10.0 Å². The summed E-state index contributed by atoms with van der Waals surface area (Å²) in [6.45, 7) is 6.03. The molecule has 0 aromatic heterocycles. The van der Waals surface area contributed by atoms with Gasteiger partial charge in [0.25, 0.3) is 0 Å². The molecular weight excluding hydrogens is 279 g/mol. The number of sulfonamides is 1. The lowest BCUT2D eigenvalue weighted by Gasteiger charge is -2.24. The Balaban J connectivity index is 2.45. The molecule has 0 saturated heterocycles. The highest BCUT2D eigenvalue weighted by Crippen LogP contribution is 2.34. The predicted octanol–water partition coefficient (Wildman–Crippen LogP) is 2.53. The molecule has 20 heavy (non-hydrogen) atoms. The molecule has 112 valence electrons. The lowest BCUT2D eigenvalue weighted by Crippen LogP contribution is -2.36. The third-order valence-corrected chi connectivity index (χ3v) is 5.44. The Kier molecular flexibility index (Phi) is 4.07. The molecule has 1 saturated carbocycles. The van der Waals surface area contributed by atoms with E-state index in [1.807, 2.05) is 13.8 Å². The highest BCUT2D eigenvalue weighted by Gasteiger charge is 2.39. The van der Waals surface area contributed by atoms with E-state index in [-0.39, 0.29) is 22.5 Å². The van der Waals surface area contributed by atoms with Crippen LogP contribution in [0.3, 0.4) is 0 Å². The Labute approximate surface area is 119 Å². The molecule has 0 heterocycles. The zero-order valence-corrected chi connectivity index (χ0v) is 12.9. The molecule has 0 bridgehead atoms. The first kappa shape index (κ1) is 15.3. The number of nitrogens with two attached hydrogens (primary N) is 1. The zero-order chi connectivity index (χ0) is 15.1. The Hall–Kier alpha value is -1.14. The summed E-state index contributed by atoms with van der Waals surface area (Å²) in [6.07, 6.45) is 1.78. The van der Waals surface area contributed by atoms with Gasteiger partial charge < -0.3 is 5.73 Å². The van der Waals surface area contributed by atoms with Crippen LogP contribution in [0.5, 0.6) is 0 Å². The second-order valence-corrected chi connectivity index (χ2v) is 7.70. The van der Waals surface area contributed by atoms with E-state index in [0.29, 0.717) is 12.1 Å². The van der Waals surface area contributed by atoms with Crippen LogP contribution in [0.25, 0.3) is 0 Å². The SMILES string of the molecule is Cc1cc(F)c(N)cc1S(=O)(=O)N(CC(C)C)C1CC1. The predicted molar refractivity (Wildman–Crippen MR) is 77.3 cm³/mol. The summed E-state index contributed by atoms with van der Waals surface area (Å²) in [5, 5.41) is 0. The molecule has 1 fully saturated rings. The van der Waals surface area contributed by atoms with Gasteiger partial charge in [-0.1, -0.05) is 13.8 Å². The van der Waals surface area contributed by atoms with Crippen molar-refractivity contribution < 1.29 is 12.8 Å². The van der Waals surface area contributed by atoms with E-state index < -0.39 is 15.8 Å². The number of rotatable bonds is 5. The van der Waals surface area contributed by atoms with Crippen molar-refractivity contribution in [2.45, 2.75) is 44.6 Å². The van der Waals surface area contributed by atoms with Crippen molar-refractivity contribution in [1.82, 2.24) is 4.31 Å². The smallest absolute Gasteiger partial charge is 0.243 e. The van der Waals surface area contributed by atoms with Gasteiger partial charge in [-0.2, -0.15) is 4.31 Å². The fourth-order valence-electron chi connectivity index (χ4n) is 2.24. The number of aryl methyl sites for hydroxylation is 1. The molecule has 6 heteroatoms. The molecule has 0 atom stereocenters. The molecule has 1 aromatic rings. The van der Waals surface area contributed by atoms with Crippen molar-refractivity contribution in [2.24, 2.45) is 5.92 Å². The van der Waals surface area contributed by atoms with E-state index in [1.165, 1.54) is 16.4 Å². The molecule has 2 rings (SSSR count). The van der Waals surface area contributed by atoms with Crippen LogP contribution in [0.15, 0.2) is 17.0 Å². The van der Waals surface area contributed by atoms with Gasteiger partial charge >= 0.3 is 0 Å². The van der Waals surface area contributed by atoms with Crippen LogP contribution < -0.4 is 5.73 Å². The summed E-state index contributed by atoms with van der Waals surface area (Å²) in [6, 6.07) is 2.49. The summed E-state index contributed by atoms with van der Waals surface area (Å²) in [5.74, 6) is -0.341. The monoisotopic (exact) mass is 300 g/mol. The number of hydrogen-bond donors (Lipinski definition) is 1.